The zero-order valence-corrected chi connectivity index (χ0v) is 11.7. The lowest BCUT2D eigenvalue weighted by Gasteiger charge is -2.09. The van der Waals surface area contributed by atoms with E-state index in [1.54, 1.807) is 18.2 Å². The molecule has 2 rings (SSSR count). The predicted molar refractivity (Wildman–Crippen MR) is 76.3 cm³/mol. The summed E-state index contributed by atoms with van der Waals surface area (Å²) in [6.45, 7) is 0.536. The van der Waals surface area contributed by atoms with Gasteiger partial charge < -0.3 is 15.5 Å². The van der Waals surface area contributed by atoms with Crippen molar-refractivity contribution in [3.63, 3.8) is 0 Å². The molecule has 0 radical (unpaired) electrons. The molecule has 0 fully saturated rings. The van der Waals surface area contributed by atoms with Crippen LogP contribution in [0, 0.1) is 0 Å². The summed E-state index contributed by atoms with van der Waals surface area (Å²) in [7, 11) is 0. The number of hydrogen-bond acceptors (Lipinski definition) is 3. The third-order valence-corrected chi connectivity index (χ3v) is 3.35. The van der Waals surface area contributed by atoms with E-state index in [0.717, 1.165) is 15.7 Å². The van der Waals surface area contributed by atoms with Gasteiger partial charge in [0.25, 0.3) is 0 Å². The zero-order valence-electron chi connectivity index (χ0n) is 9.32. The van der Waals surface area contributed by atoms with Gasteiger partial charge in [-0.05, 0) is 51.8 Å². The van der Waals surface area contributed by atoms with E-state index < -0.39 is 0 Å². The van der Waals surface area contributed by atoms with Crippen LogP contribution in [0.1, 0.15) is 5.56 Å². The highest BCUT2D eigenvalue weighted by atomic mass is 79.9. The van der Waals surface area contributed by atoms with Crippen molar-refractivity contribution in [3.8, 4) is 11.5 Å². The molecule has 2 aromatic carbocycles. The minimum absolute atomic E-state index is 0.119. The van der Waals surface area contributed by atoms with Crippen LogP contribution in [0.5, 0.6) is 11.5 Å². The molecular weight excluding hydrogens is 318 g/mol. The van der Waals surface area contributed by atoms with Gasteiger partial charge in [0.05, 0.1) is 0 Å². The van der Waals surface area contributed by atoms with Crippen LogP contribution >= 0.6 is 27.5 Å². The number of anilines is 1. The Kier molecular flexibility index (Phi) is 3.99. The standard InChI is InChI=1S/C13H11BrClNO2/c14-10-6-9(15)2-3-11(10)16-7-8-1-4-12(17)13(18)5-8/h1-6,16-18H,7H2. The van der Waals surface area contributed by atoms with Gasteiger partial charge in [0, 0.05) is 21.7 Å². The molecule has 0 aromatic heterocycles. The van der Waals surface area contributed by atoms with Crippen molar-refractivity contribution >= 4 is 33.2 Å². The summed E-state index contributed by atoms with van der Waals surface area (Å²) < 4.78 is 0.873. The van der Waals surface area contributed by atoms with Crippen molar-refractivity contribution in [3.05, 3.63) is 51.5 Å². The van der Waals surface area contributed by atoms with Gasteiger partial charge in [-0.2, -0.15) is 0 Å². The van der Waals surface area contributed by atoms with Gasteiger partial charge in [-0.25, -0.2) is 0 Å². The highest BCUT2D eigenvalue weighted by molar-refractivity contribution is 9.10. The van der Waals surface area contributed by atoms with Gasteiger partial charge in [-0.1, -0.05) is 17.7 Å². The van der Waals surface area contributed by atoms with Crippen molar-refractivity contribution in [2.24, 2.45) is 0 Å². The number of benzene rings is 2. The van der Waals surface area contributed by atoms with Gasteiger partial charge in [-0.15, -0.1) is 0 Å². The van der Waals surface area contributed by atoms with E-state index in [4.69, 9.17) is 11.6 Å². The van der Waals surface area contributed by atoms with Crippen LogP contribution in [-0.2, 0) is 6.54 Å². The average molecular weight is 329 g/mol. The van der Waals surface area contributed by atoms with Crippen LogP contribution < -0.4 is 5.32 Å². The quantitative estimate of drug-likeness (QED) is 0.743. The van der Waals surface area contributed by atoms with E-state index in [2.05, 4.69) is 21.2 Å². The van der Waals surface area contributed by atoms with Crippen LogP contribution in [0.4, 0.5) is 5.69 Å². The highest BCUT2D eigenvalue weighted by Crippen LogP contribution is 2.28. The predicted octanol–water partition coefficient (Wildman–Crippen LogP) is 4.13. The first kappa shape index (κ1) is 13.1. The number of nitrogens with one attached hydrogen (secondary N) is 1. The third-order valence-electron chi connectivity index (χ3n) is 2.45. The molecular formula is C13H11BrClNO2. The molecule has 0 aliphatic rings. The van der Waals surface area contributed by atoms with E-state index in [0.29, 0.717) is 11.6 Å². The molecule has 94 valence electrons. The topological polar surface area (TPSA) is 52.5 Å². The summed E-state index contributed by atoms with van der Waals surface area (Å²) >= 11 is 9.26. The monoisotopic (exact) mass is 327 g/mol. The minimum atomic E-state index is -0.121. The van der Waals surface area contributed by atoms with Gasteiger partial charge in [0.2, 0.25) is 0 Å². The second-order valence-corrected chi connectivity index (χ2v) is 5.09. The summed E-state index contributed by atoms with van der Waals surface area (Å²) in [4.78, 5) is 0. The van der Waals surface area contributed by atoms with E-state index in [1.807, 2.05) is 6.07 Å². The van der Waals surface area contributed by atoms with Crippen LogP contribution in [-0.4, -0.2) is 10.2 Å². The maximum absolute atomic E-state index is 9.38. The Morgan fingerprint density at radius 1 is 1.06 bits per heavy atom. The first-order valence-electron chi connectivity index (χ1n) is 5.26. The summed E-state index contributed by atoms with van der Waals surface area (Å²) in [6, 6.07) is 10.2. The van der Waals surface area contributed by atoms with E-state index in [1.165, 1.54) is 12.1 Å². The van der Waals surface area contributed by atoms with Crippen LogP contribution in [0.3, 0.4) is 0 Å². The van der Waals surface area contributed by atoms with Gasteiger partial charge >= 0.3 is 0 Å². The Morgan fingerprint density at radius 3 is 2.50 bits per heavy atom. The normalized spacial score (nSPS) is 10.3. The fourth-order valence-electron chi connectivity index (χ4n) is 1.51. The minimum Gasteiger partial charge on any atom is -0.504 e. The molecule has 5 heteroatoms. The number of aromatic hydroxyl groups is 2. The zero-order chi connectivity index (χ0) is 13.1. The third kappa shape index (κ3) is 3.09. The Labute approximate surface area is 118 Å². The second-order valence-electron chi connectivity index (χ2n) is 3.80. The molecule has 3 N–H and O–H groups in total. The Hall–Kier alpha value is -1.39. The molecule has 2 aromatic rings. The van der Waals surface area contributed by atoms with Gasteiger partial charge in [0.15, 0.2) is 11.5 Å². The molecule has 0 aliphatic carbocycles. The molecule has 0 saturated carbocycles. The summed E-state index contributed by atoms with van der Waals surface area (Å²) in [5, 5.41) is 22.5. The van der Waals surface area contributed by atoms with Crippen molar-refractivity contribution < 1.29 is 10.2 Å². The lowest BCUT2D eigenvalue weighted by Crippen LogP contribution is -1.99. The molecule has 0 spiro atoms. The lowest BCUT2D eigenvalue weighted by atomic mass is 10.2. The SMILES string of the molecule is Oc1ccc(CNc2ccc(Cl)cc2Br)cc1O. The Morgan fingerprint density at radius 2 is 1.83 bits per heavy atom. The van der Waals surface area contributed by atoms with E-state index >= 15 is 0 Å². The van der Waals surface area contributed by atoms with Crippen LogP contribution in [0.25, 0.3) is 0 Å². The van der Waals surface area contributed by atoms with Crippen molar-refractivity contribution in [2.45, 2.75) is 6.54 Å². The number of rotatable bonds is 3. The number of halogens is 2. The molecule has 0 heterocycles. The molecule has 0 unspecified atom stereocenters. The first-order valence-corrected chi connectivity index (χ1v) is 6.43. The number of phenols is 2. The number of hydrogen-bond donors (Lipinski definition) is 3. The summed E-state index contributed by atoms with van der Waals surface area (Å²) in [5.74, 6) is -0.240. The second kappa shape index (κ2) is 5.50. The van der Waals surface area contributed by atoms with E-state index in [-0.39, 0.29) is 11.5 Å². The highest BCUT2D eigenvalue weighted by Gasteiger charge is 2.03. The maximum Gasteiger partial charge on any atom is 0.157 e. The summed E-state index contributed by atoms with van der Waals surface area (Å²) in [6.07, 6.45) is 0. The Balaban J connectivity index is 2.09. The molecule has 0 saturated heterocycles. The molecule has 0 atom stereocenters. The maximum atomic E-state index is 9.38. The molecule has 0 aliphatic heterocycles. The lowest BCUT2D eigenvalue weighted by molar-refractivity contribution is 0.403. The van der Waals surface area contributed by atoms with Crippen LogP contribution in [0.15, 0.2) is 40.9 Å². The fourth-order valence-corrected chi connectivity index (χ4v) is 2.33. The smallest absolute Gasteiger partial charge is 0.157 e. The van der Waals surface area contributed by atoms with Gasteiger partial charge in [-0.3, -0.25) is 0 Å². The number of phenolic OH excluding ortho intramolecular Hbond substituents is 2. The molecule has 0 amide bonds. The molecule has 3 nitrogen and oxygen atoms in total. The van der Waals surface area contributed by atoms with Crippen molar-refractivity contribution in [1.82, 2.24) is 0 Å². The fraction of sp³-hybridized carbons (Fsp3) is 0.0769. The van der Waals surface area contributed by atoms with Crippen molar-refractivity contribution in [2.75, 3.05) is 5.32 Å². The largest absolute Gasteiger partial charge is 0.504 e. The Bertz CT molecular complexity index is 575. The van der Waals surface area contributed by atoms with Crippen molar-refractivity contribution in [1.29, 1.82) is 0 Å². The van der Waals surface area contributed by atoms with Crippen LogP contribution in [0.2, 0.25) is 5.02 Å². The molecule has 0 bridgehead atoms. The van der Waals surface area contributed by atoms with E-state index in [9.17, 15) is 10.2 Å². The molecule has 18 heavy (non-hydrogen) atoms. The van der Waals surface area contributed by atoms with Gasteiger partial charge in [0.1, 0.15) is 0 Å². The first-order chi connectivity index (χ1) is 8.56. The average Bonchev–Trinajstić information content (AvgIpc) is 2.32. The summed E-state index contributed by atoms with van der Waals surface area (Å²) in [5.41, 5.74) is 1.78.